The lowest BCUT2D eigenvalue weighted by Crippen LogP contribution is -2.38. The lowest BCUT2D eigenvalue weighted by molar-refractivity contribution is -0.124. The predicted octanol–water partition coefficient (Wildman–Crippen LogP) is 0.799. The predicted molar refractivity (Wildman–Crippen MR) is 58.3 cm³/mol. The molecule has 82 valence electrons. The second-order valence-corrected chi connectivity index (χ2v) is 4.49. The first-order chi connectivity index (χ1) is 6.65. The van der Waals surface area contributed by atoms with E-state index in [2.05, 4.69) is 10.6 Å². The molecular weight excluding hydrogens is 176 g/mol. The van der Waals surface area contributed by atoms with Crippen LogP contribution in [-0.4, -0.2) is 32.0 Å². The van der Waals surface area contributed by atoms with E-state index in [1.807, 2.05) is 20.9 Å². The quantitative estimate of drug-likeness (QED) is 0.686. The van der Waals surface area contributed by atoms with Crippen LogP contribution < -0.4 is 10.6 Å². The van der Waals surface area contributed by atoms with Crippen LogP contribution in [0.15, 0.2) is 0 Å². The molecule has 0 aliphatic carbocycles. The molecule has 0 saturated carbocycles. The van der Waals surface area contributed by atoms with Gasteiger partial charge < -0.3 is 10.6 Å². The molecule has 0 aromatic carbocycles. The van der Waals surface area contributed by atoms with Gasteiger partial charge in [-0.2, -0.15) is 0 Å². The molecule has 0 bridgehead atoms. The molecule has 2 N–H and O–H groups in total. The van der Waals surface area contributed by atoms with Crippen molar-refractivity contribution in [3.8, 4) is 0 Å². The van der Waals surface area contributed by atoms with Crippen molar-refractivity contribution >= 4 is 5.78 Å². The summed E-state index contributed by atoms with van der Waals surface area (Å²) < 4.78 is 0. The number of rotatable bonds is 5. The zero-order valence-electron chi connectivity index (χ0n) is 9.47. The van der Waals surface area contributed by atoms with Crippen molar-refractivity contribution in [1.29, 1.82) is 0 Å². The summed E-state index contributed by atoms with van der Waals surface area (Å²) in [5.74, 6) is 1.16. The average molecular weight is 198 g/mol. The van der Waals surface area contributed by atoms with Crippen molar-refractivity contribution in [2.45, 2.75) is 32.7 Å². The summed E-state index contributed by atoms with van der Waals surface area (Å²) in [5.41, 5.74) is 0. The number of hydrogen-bond donors (Lipinski definition) is 2. The van der Waals surface area contributed by atoms with Crippen molar-refractivity contribution in [3.63, 3.8) is 0 Å². The third kappa shape index (κ3) is 3.07. The van der Waals surface area contributed by atoms with Crippen molar-refractivity contribution in [2.75, 3.05) is 20.1 Å². The highest BCUT2D eigenvalue weighted by molar-refractivity contribution is 5.85. The molecule has 1 heterocycles. The summed E-state index contributed by atoms with van der Waals surface area (Å²) in [6, 6.07) is 0.0555. The summed E-state index contributed by atoms with van der Waals surface area (Å²) in [6.07, 6.45) is 2.20. The van der Waals surface area contributed by atoms with Gasteiger partial charge in [0, 0.05) is 5.92 Å². The molecule has 1 rings (SSSR count). The van der Waals surface area contributed by atoms with Gasteiger partial charge >= 0.3 is 0 Å². The number of nitrogens with one attached hydrogen (secondary N) is 2. The highest BCUT2D eigenvalue weighted by Gasteiger charge is 2.24. The molecule has 0 radical (unpaired) electrons. The second kappa shape index (κ2) is 5.47. The smallest absolute Gasteiger partial charge is 0.152 e. The van der Waals surface area contributed by atoms with Gasteiger partial charge in [0.25, 0.3) is 0 Å². The fourth-order valence-electron chi connectivity index (χ4n) is 2.03. The van der Waals surface area contributed by atoms with Gasteiger partial charge in [-0.15, -0.1) is 0 Å². The zero-order chi connectivity index (χ0) is 10.6. The van der Waals surface area contributed by atoms with Gasteiger partial charge in [0.2, 0.25) is 0 Å². The van der Waals surface area contributed by atoms with Crippen LogP contribution in [0.1, 0.15) is 26.7 Å². The fourth-order valence-corrected chi connectivity index (χ4v) is 2.03. The number of likely N-dealkylation sites (N-methyl/N-ethyl adjacent to an activating group) is 1. The van der Waals surface area contributed by atoms with Gasteiger partial charge in [-0.25, -0.2) is 0 Å². The molecule has 1 saturated heterocycles. The summed E-state index contributed by atoms with van der Waals surface area (Å²) in [4.78, 5) is 11.8. The normalized spacial score (nSPS) is 24.1. The van der Waals surface area contributed by atoms with E-state index in [-0.39, 0.29) is 12.0 Å². The van der Waals surface area contributed by atoms with Gasteiger partial charge in [0.1, 0.15) is 0 Å². The highest BCUT2D eigenvalue weighted by atomic mass is 16.1. The first kappa shape index (κ1) is 11.7. The SMILES string of the molecule is CNC(CC1CCNC1)C(=O)C(C)C. The Morgan fingerprint density at radius 3 is 2.71 bits per heavy atom. The Labute approximate surface area is 86.6 Å². The maximum atomic E-state index is 11.8. The molecule has 3 heteroatoms. The monoisotopic (exact) mass is 198 g/mol. The van der Waals surface area contributed by atoms with Crippen molar-refractivity contribution in [3.05, 3.63) is 0 Å². The number of carbonyl (C=O) groups excluding carboxylic acids is 1. The average Bonchev–Trinajstić information content (AvgIpc) is 2.65. The molecule has 2 atom stereocenters. The second-order valence-electron chi connectivity index (χ2n) is 4.49. The molecule has 14 heavy (non-hydrogen) atoms. The Morgan fingerprint density at radius 2 is 2.29 bits per heavy atom. The van der Waals surface area contributed by atoms with Gasteiger partial charge in [-0.3, -0.25) is 4.79 Å². The summed E-state index contributed by atoms with van der Waals surface area (Å²) in [7, 11) is 1.88. The highest BCUT2D eigenvalue weighted by Crippen LogP contribution is 2.16. The van der Waals surface area contributed by atoms with E-state index in [1.165, 1.54) is 6.42 Å². The van der Waals surface area contributed by atoms with Crippen LogP contribution in [0.2, 0.25) is 0 Å². The molecule has 0 aromatic rings. The maximum Gasteiger partial charge on any atom is 0.152 e. The summed E-state index contributed by atoms with van der Waals surface area (Å²) in [5, 5.41) is 6.46. The maximum absolute atomic E-state index is 11.8. The van der Waals surface area contributed by atoms with Gasteiger partial charge in [-0.05, 0) is 38.9 Å². The van der Waals surface area contributed by atoms with E-state index >= 15 is 0 Å². The lowest BCUT2D eigenvalue weighted by atomic mass is 9.92. The standard InChI is InChI=1S/C11H22N2O/c1-8(2)11(14)10(12-3)6-9-4-5-13-7-9/h8-10,12-13H,4-7H2,1-3H3. The van der Waals surface area contributed by atoms with E-state index in [9.17, 15) is 4.79 Å². The molecule has 1 fully saturated rings. The van der Waals surface area contributed by atoms with Crippen LogP contribution >= 0.6 is 0 Å². The minimum atomic E-state index is 0.0555. The third-order valence-corrected chi connectivity index (χ3v) is 2.99. The number of carbonyl (C=O) groups is 1. The summed E-state index contributed by atoms with van der Waals surface area (Å²) >= 11 is 0. The molecule has 0 aromatic heterocycles. The Morgan fingerprint density at radius 1 is 1.57 bits per heavy atom. The van der Waals surface area contributed by atoms with Crippen molar-refractivity contribution in [2.24, 2.45) is 11.8 Å². The van der Waals surface area contributed by atoms with Gasteiger partial charge in [0.05, 0.1) is 6.04 Å². The van der Waals surface area contributed by atoms with E-state index < -0.39 is 0 Å². The van der Waals surface area contributed by atoms with Crippen LogP contribution in [0.25, 0.3) is 0 Å². The van der Waals surface area contributed by atoms with Gasteiger partial charge in [-0.1, -0.05) is 13.8 Å². The van der Waals surface area contributed by atoms with Crippen LogP contribution in [0.5, 0.6) is 0 Å². The third-order valence-electron chi connectivity index (χ3n) is 2.99. The topological polar surface area (TPSA) is 41.1 Å². The van der Waals surface area contributed by atoms with Crippen LogP contribution in [0, 0.1) is 11.8 Å². The zero-order valence-corrected chi connectivity index (χ0v) is 9.47. The minimum absolute atomic E-state index is 0.0555. The number of ketones is 1. The number of Topliss-reactive ketones (excluding diaryl/α,β-unsaturated/α-hetero) is 1. The van der Waals surface area contributed by atoms with E-state index in [4.69, 9.17) is 0 Å². The fraction of sp³-hybridized carbons (Fsp3) is 0.909. The molecule has 1 aliphatic heterocycles. The lowest BCUT2D eigenvalue weighted by Gasteiger charge is -2.20. The Balaban J connectivity index is 2.41. The number of hydrogen-bond acceptors (Lipinski definition) is 3. The van der Waals surface area contributed by atoms with Crippen LogP contribution in [0.4, 0.5) is 0 Å². The molecular formula is C11H22N2O. The Kier molecular flexibility index (Phi) is 4.55. The minimum Gasteiger partial charge on any atom is -0.316 e. The first-order valence-corrected chi connectivity index (χ1v) is 5.56. The van der Waals surface area contributed by atoms with Gasteiger partial charge in [0.15, 0.2) is 5.78 Å². The molecule has 3 nitrogen and oxygen atoms in total. The molecule has 1 aliphatic rings. The first-order valence-electron chi connectivity index (χ1n) is 5.56. The Bertz CT molecular complexity index is 186. The summed E-state index contributed by atoms with van der Waals surface area (Å²) in [6.45, 7) is 6.12. The molecule has 0 amide bonds. The molecule has 0 spiro atoms. The van der Waals surface area contributed by atoms with E-state index in [1.54, 1.807) is 0 Å². The Hall–Kier alpha value is -0.410. The van der Waals surface area contributed by atoms with Crippen LogP contribution in [0.3, 0.4) is 0 Å². The largest absolute Gasteiger partial charge is 0.316 e. The van der Waals surface area contributed by atoms with Crippen molar-refractivity contribution in [1.82, 2.24) is 10.6 Å². The van der Waals surface area contributed by atoms with Crippen molar-refractivity contribution < 1.29 is 4.79 Å². The van der Waals surface area contributed by atoms with Crippen LogP contribution in [-0.2, 0) is 4.79 Å². The van der Waals surface area contributed by atoms with E-state index in [0.29, 0.717) is 11.7 Å². The van der Waals surface area contributed by atoms with E-state index in [0.717, 1.165) is 19.5 Å². The molecule has 2 unspecified atom stereocenters.